The Bertz CT molecular complexity index is 1110. The second kappa shape index (κ2) is 15.1. The maximum absolute atomic E-state index is 12.5. The Kier molecular flexibility index (Phi) is 11.6. The van der Waals surface area contributed by atoms with Crippen LogP contribution in [0.1, 0.15) is 28.9 Å². The molecule has 1 fully saturated rings. The number of piperidine rings is 1. The number of aromatic nitrogens is 1. The SMILES string of the molecule is C=C/C=C(\C=C)CN1CCC(CNCc2nccc(C(=O)NC)c2N=CCOc2ccc(Cl)cc2)CC1. The van der Waals surface area contributed by atoms with Crippen molar-refractivity contribution in [2.45, 2.75) is 19.4 Å². The summed E-state index contributed by atoms with van der Waals surface area (Å²) in [6.45, 7) is 12.4. The average Bonchev–Trinajstić information content (AvgIpc) is 2.92. The standard InChI is InChI=1S/C29H36ClN5O2/c1-4-6-22(5-2)21-35-16-12-23(13-17-35)19-32-20-27-28(26(11-14-33-27)29(36)31-3)34-15-18-37-25-9-7-24(30)8-10-25/h4-11,14-15,23,32H,1-2,12-13,16-21H2,3H3,(H,31,36)/b22-6+,34-15?. The average molecular weight is 522 g/mol. The number of hydrogen-bond acceptors (Lipinski definition) is 6. The third kappa shape index (κ3) is 8.97. The van der Waals surface area contributed by atoms with Gasteiger partial charge in [-0.05, 0) is 74.3 Å². The molecule has 8 heteroatoms. The molecule has 37 heavy (non-hydrogen) atoms. The van der Waals surface area contributed by atoms with Gasteiger partial charge in [0.1, 0.15) is 12.4 Å². The molecule has 0 saturated carbocycles. The molecule has 0 radical (unpaired) electrons. The number of ether oxygens (including phenoxy) is 1. The van der Waals surface area contributed by atoms with Gasteiger partial charge in [-0.2, -0.15) is 0 Å². The number of carbonyl (C=O) groups excluding carboxylic acids is 1. The molecule has 0 atom stereocenters. The summed E-state index contributed by atoms with van der Waals surface area (Å²) in [5, 5.41) is 6.87. The van der Waals surface area contributed by atoms with Gasteiger partial charge in [-0.25, -0.2) is 0 Å². The van der Waals surface area contributed by atoms with Gasteiger partial charge in [0.2, 0.25) is 0 Å². The van der Waals surface area contributed by atoms with Crippen LogP contribution in [0.3, 0.4) is 0 Å². The fourth-order valence-corrected chi connectivity index (χ4v) is 4.35. The van der Waals surface area contributed by atoms with E-state index >= 15 is 0 Å². The van der Waals surface area contributed by atoms with Crippen LogP contribution >= 0.6 is 11.6 Å². The van der Waals surface area contributed by atoms with E-state index in [0.717, 1.165) is 44.7 Å². The molecule has 1 aliphatic rings. The molecule has 2 N–H and O–H groups in total. The van der Waals surface area contributed by atoms with Crippen molar-refractivity contribution in [1.29, 1.82) is 0 Å². The maximum Gasteiger partial charge on any atom is 0.253 e. The Hall–Kier alpha value is -3.26. The number of allylic oxidation sites excluding steroid dienone is 2. The van der Waals surface area contributed by atoms with Crippen LogP contribution in [0, 0.1) is 5.92 Å². The summed E-state index contributed by atoms with van der Waals surface area (Å²) in [7, 11) is 1.61. The van der Waals surface area contributed by atoms with E-state index in [9.17, 15) is 4.79 Å². The summed E-state index contributed by atoms with van der Waals surface area (Å²) in [6, 6.07) is 8.82. The Morgan fingerprint density at radius 3 is 2.68 bits per heavy atom. The number of nitrogens with one attached hydrogen (secondary N) is 2. The Morgan fingerprint density at radius 1 is 1.24 bits per heavy atom. The first-order chi connectivity index (χ1) is 18.0. The van der Waals surface area contributed by atoms with Crippen molar-refractivity contribution in [3.05, 3.63) is 89.8 Å². The van der Waals surface area contributed by atoms with E-state index in [2.05, 4.69) is 38.7 Å². The fraction of sp³-hybridized carbons (Fsp3) is 0.345. The zero-order valence-corrected chi connectivity index (χ0v) is 22.2. The molecule has 1 aliphatic heterocycles. The zero-order chi connectivity index (χ0) is 26.5. The number of hydrogen-bond donors (Lipinski definition) is 2. The fourth-order valence-electron chi connectivity index (χ4n) is 4.22. The van der Waals surface area contributed by atoms with Crippen molar-refractivity contribution in [3.8, 4) is 5.75 Å². The minimum atomic E-state index is -0.203. The van der Waals surface area contributed by atoms with Crippen LogP contribution in [0.4, 0.5) is 5.69 Å². The van der Waals surface area contributed by atoms with E-state index < -0.39 is 0 Å². The van der Waals surface area contributed by atoms with Crippen molar-refractivity contribution in [2.75, 3.05) is 39.8 Å². The van der Waals surface area contributed by atoms with Gasteiger partial charge in [-0.15, -0.1) is 0 Å². The molecule has 0 aliphatic carbocycles. The molecule has 7 nitrogen and oxygen atoms in total. The molecule has 2 aromatic rings. The van der Waals surface area contributed by atoms with E-state index in [4.69, 9.17) is 16.3 Å². The first kappa shape index (κ1) is 28.3. The van der Waals surface area contributed by atoms with Crippen LogP contribution in [0.15, 0.2) is 78.5 Å². The van der Waals surface area contributed by atoms with Crippen LogP contribution in [0.25, 0.3) is 0 Å². The molecule has 1 amide bonds. The van der Waals surface area contributed by atoms with Crippen molar-refractivity contribution in [2.24, 2.45) is 10.9 Å². The third-order valence-electron chi connectivity index (χ3n) is 6.26. The van der Waals surface area contributed by atoms with Gasteiger partial charge in [-0.1, -0.05) is 43.0 Å². The number of rotatable bonds is 13. The molecular formula is C29H36ClN5O2. The molecule has 0 bridgehead atoms. The number of amides is 1. The Labute approximate surface area is 225 Å². The van der Waals surface area contributed by atoms with Gasteiger partial charge in [-0.3, -0.25) is 19.7 Å². The predicted octanol–water partition coefficient (Wildman–Crippen LogP) is 4.98. The minimum Gasteiger partial charge on any atom is -0.488 e. The minimum absolute atomic E-state index is 0.203. The summed E-state index contributed by atoms with van der Waals surface area (Å²) < 4.78 is 5.70. The molecule has 1 aromatic carbocycles. The van der Waals surface area contributed by atoms with Crippen molar-refractivity contribution >= 4 is 29.4 Å². The van der Waals surface area contributed by atoms with E-state index in [-0.39, 0.29) is 12.5 Å². The van der Waals surface area contributed by atoms with Crippen LogP contribution in [0.5, 0.6) is 5.75 Å². The van der Waals surface area contributed by atoms with E-state index in [1.54, 1.807) is 49.8 Å². The van der Waals surface area contributed by atoms with Crippen LogP contribution < -0.4 is 15.4 Å². The normalized spacial score (nSPS) is 15.0. The molecule has 0 unspecified atom stereocenters. The summed E-state index contributed by atoms with van der Waals surface area (Å²) in [4.78, 5) is 24.0. The van der Waals surface area contributed by atoms with Crippen LogP contribution in [-0.4, -0.2) is 61.8 Å². The zero-order valence-electron chi connectivity index (χ0n) is 21.5. The Morgan fingerprint density at radius 2 is 2.00 bits per heavy atom. The topological polar surface area (TPSA) is 78.9 Å². The van der Waals surface area contributed by atoms with Crippen molar-refractivity contribution in [1.82, 2.24) is 20.5 Å². The largest absolute Gasteiger partial charge is 0.488 e. The van der Waals surface area contributed by atoms with Gasteiger partial charge >= 0.3 is 0 Å². The summed E-state index contributed by atoms with van der Waals surface area (Å²) in [5.41, 5.74) is 2.96. The first-order valence-electron chi connectivity index (χ1n) is 12.5. The second-order valence-electron chi connectivity index (χ2n) is 8.84. The second-order valence-corrected chi connectivity index (χ2v) is 9.28. The Balaban J connectivity index is 1.56. The molecule has 3 rings (SSSR count). The van der Waals surface area contributed by atoms with Crippen molar-refractivity contribution in [3.63, 3.8) is 0 Å². The molecule has 1 saturated heterocycles. The highest BCUT2D eigenvalue weighted by atomic mass is 35.5. The van der Waals surface area contributed by atoms with Crippen LogP contribution in [0.2, 0.25) is 5.02 Å². The molecule has 2 heterocycles. The van der Waals surface area contributed by atoms with Gasteiger partial charge in [0.25, 0.3) is 5.91 Å². The summed E-state index contributed by atoms with van der Waals surface area (Å²) >= 11 is 5.92. The van der Waals surface area contributed by atoms with Gasteiger partial charge < -0.3 is 15.4 Å². The highest BCUT2D eigenvalue weighted by Gasteiger charge is 2.20. The lowest BCUT2D eigenvalue weighted by Crippen LogP contribution is -2.38. The lowest BCUT2D eigenvalue weighted by molar-refractivity contribution is 0.0963. The highest BCUT2D eigenvalue weighted by Crippen LogP contribution is 2.24. The van der Waals surface area contributed by atoms with E-state index in [1.165, 1.54) is 5.57 Å². The third-order valence-corrected chi connectivity index (χ3v) is 6.52. The van der Waals surface area contributed by atoms with E-state index in [0.29, 0.717) is 34.5 Å². The van der Waals surface area contributed by atoms with Crippen LogP contribution in [-0.2, 0) is 6.54 Å². The number of halogens is 1. The van der Waals surface area contributed by atoms with Gasteiger partial charge in [0.15, 0.2) is 0 Å². The lowest BCUT2D eigenvalue weighted by atomic mass is 9.96. The number of carbonyl (C=O) groups is 1. The lowest BCUT2D eigenvalue weighted by Gasteiger charge is -2.32. The maximum atomic E-state index is 12.5. The molecule has 196 valence electrons. The molecular weight excluding hydrogens is 486 g/mol. The molecule has 0 spiro atoms. The number of pyridine rings is 1. The van der Waals surface area contributed by atoms with Gasteiger partial charge in [0, 0.05) is 37.6 Å². The monoisotopic (exact) mass is 521 g/mol. The number of likely N-dealkylation sites (tertiary alicyclic amines) is 1. The molecule has 1 aromatic heterocycles. The quantitative estimate of drug-likeness (QED) is 0.287. The smallest absolute Gasteiger partial charge is 0.253 e. The highest BCUT2D eigenvalue weighted by molar-refractivity contribution is 6.30. The first-order valence-corrected chi connectivity index (χ1v) is 12.9. The summed E-state index contributed by atoms with van der Waals surface area (Å²) in [5.74, 6) is 1.08. The number of aliphatic imine (C=N–C) groups is 1. The van der Waals surface area contributed by atoms with Gasteiger partial charge in [0.05, 0.1) is 16.9 Å². The number of benzene rings is 1. The number of nitrogens with zero attached hydrogens (tertiary/aromatic N) is 3. The summed E-state index contributed by atoms with van der Waals surface area (Å²) in [6.07, 6.45) is 11.3. The van der Waals surface area contributed by atoms with Crippen molar-refractivity contribution < 1.29 is 9.53 Å². The predicted molar refractivity (Wildman–Crippen MR) is 152 cm³/mol. The van der Waals surface area contributed by atoms with E-state index in [1.807, 2.05) is 18.2 Å².